The lowest BCUT2D eigenvalue weighted by molar-refractivity contribution is 0.540. The topological polar surface area (TPSA) is 50.9 Å². The summed E-state index contributed by atoms with van der Waals surface area (Å²) in [6.45, 7) is 1.93. The summed E-state index contributed by atoms with van der Waals surface area (Å²) in [4.78, 5) is 15.7. The maximum absolute atomic E-state index is 12.4. The SMILES string of the molecule is Cc1[nH]c2ccccc2c1-n1c(=O)oc2cc(Br)c(Cl)cc21. The third-order valence-electron chi connectivity index (χ3n) is 3.71. The standard InChI is InChI=1S/C16H10BrClN2O2/c1-8-15(9-4-2-3-5-12(9)19-8)20-13-7-11(18)10(17)6-14(13)22-16(20)21/h2-7,19H,1H3. The zero-order valence-corrected chi connectivity index (χ0v) is 13.8. The van der Waals surface area contributed by atoms with Gasteiger partial charge in [0, 0.05) is 21.1 Å². The van der Waals surface area contributed by atoms with Gasteiger partial charge in [-0.3, -0.25) is 0 Å². The monoisotopic (exact) mass is 376 g/mol. The van der Waals surface area contributed by atoms with Crippen molar-refractivity contribution in [3.63, 3.8) is 0 Å². The van der Waals surface area contributed by atoms with Crippen LogP contribution in [0.15, 0.2) is 50.1 Å². The average molecular weight is 378 g/mol. The fourth-order valence-electron chi connectivity index (χ4n) is 2.77. The second-order valence-electron chi connectivity index (χ2n) is 5.08. The molecule has 22 heavy (non-hydrogen) atoms. The Morgan fingerprint density at radius 2 is 2.05 bits per heavy atom. The van der Waals surface area contributed by atoms with Crippen molar-refractivity contribution >= 4 is 49.5 Å². The third kappa shape index (κ3) is 1.86. The fraction of sp³-hybridized carbons (Fsp3) is 0.0625. The second-order valence-corrected chi connectivity index (χ2v) is 6.34. The molecule has 2 heterocycles. The van der Waals surface area contributed by atoms with Gasteiger partial charge in [0.25, 0.3) is 0 Å². The van der Waals surface area contributed by atoms with Crippen LogP contribution in [0.2, 0.25) is 5.02 Å². The lowest BCUT2D eigenvalue weighted by atomic mass is 10.2. The van der Waals surface area contributed by atoms with E-state index in [2.05, 4.69) is 20.9 Å². The van der Waals surface area contributed by atoms with Crippen molar-refractivity contribution < 1.29 is 4.42 Å². The Balaban J connectivity index is 2.17. The number of aromatic nitrogens is 2. The fourth-order valence-corrected chi connectivity index (χ4v) is 3.25. The van der Waals surface area contributed by atoms with Crippen LogP contribution < -0.4 is 5.76 Å². The van der Waals surface area contributed by atoms with Crippen molar-refractivity contribution in [3.05, 3.63) is 62.1 Å². The molecule has 0 fully saturated rings. The molecule has 0 saturated heterocycles. The first kappa shape index (κ1) is 13.7. The number of hydrogen-bond donors (Lipinski definition) is 1. The number of para-hydroxylation sites is 1. The maximum atomic E-state index is 12.4. The van der Waals surface area contributed by atoms with Gasteiger partial charge < -0.3 is 9.40 Å². The van der Waals surface area contributed by atoms with Crippen molar-refractivity contribution in [3.8, 4) is 5.69 Å². The molecule has 4 rings (SSSR count). The highest BCUT2D eigenvalue weighted by Gasteiger charge is 2.18. The Morgan fingerprint density at radius 3 is 2.86 bits per heavy atom. The first-order valence-electron chi connectivity index (χ1n) is 6.64. The molecular weight excluding hydrogens is 368 g/mol. The van der Waals surface area contributed by atoms with Gasteiger partial charge in [-0.15, -0.1) is 0 Å². The molecule has 0 atom stereocenters. The van der Waals surface area contributed by atoms with E-state index in [1.165, 1.54) is 0 Å². The first-order chi connectivity index (χ1) is 10.6. The quantitative estimate of drug-likeness (QED) is 0.518. The van der Waals surface area contributed by atoms with Crippen molar-refractivity contribution in [2.45, 2.75) is 6.92 Å². The van der Waals surface area contributed by atoms with Gasteiger partial charge in [0.2, 0.25) is 0 Å². The van der Waals surface area contributed by atoms with Crippen molar-refractivity contribution in [1.82, 2.24) is 9.55 Å². The molecule has 0 saturated carbocycles. The number of aromatic amines is 1. The van der Waals surface area contributed by atoms with Gasteiger partial charge in [-0.05, 0) is 41.1 Å². The normalized spacial score (nSPS) is 11.6. The van der Waals surface area contributed by atoms with E-state index in [4.69, 9.17) is 16.0 Å². The van der Waals surface area contributed by atoms with Gasteiger partial charge in [0.1, 0.15) is 0 Å². The predicted octanol–water partition coefficient (Wildman–Crippen LogP) is 4.79. The molecule has 0 aliphatic heterocycles. The summed E-state index contributed by atoms with van der Waals surface area (Å²) in [6.07, 6.45) is 0. The molecule has 1 N–H and O–H groups in total. The molecule has 0 unspecified atom stereocenters. The smallest absolute Gasteiger partial charge is 0.407 e. The van der Waals surface area contributed by atoms with Crippen molar-refractivity contribution in [1.29, 1.82) is 0 Å². The van der Waals surface area contributed by atoms with Crippen LogP contribution in [-0.2, 0) is 0 Å². The summed E-state index contributed by atoms with van der Waals surface area (Å²) in [5.41, 5.74) is 3.79. The molecule has 6 heteroatoms. The minimum Gasteiger partial charge on any atom is -0.407 e. The molecule has 0 bridgehead atoms. The van der Waals surface area contributed by atoms with Crippen LogP contribution in [-0.4, -0.2) is 9.55 Å². The highest BCUT2D eigenvalue weighted by atomic mass is 79.9. The van der Waals surface area contributed by atoms with Gasteiger partial charge in [-0.2, -0.15) is 0 Å². The number of oxazole rings is 1. The number of halogens is 2. The predicted molar refractivity (Wildman–Crippen MR) is 91.1 cm³/mol. The number of fused-ring (bicyclic) bond motifs is 2. The Bertz CT molecular complexity index is 1090. The molecule has 4 aromatic rings. The van der Waals surface area contributed by atoms with E-state index < -0.39 is 5.76 Å². The molecule has 4 nitrogen and oxygen atoms in total. The van der Waals surface area contributed by atoms with E-state index in [-0.39, 0.29) is 0 Å². The second kappa shape index (κ2) is 4.76. The summed E-state index contributed by atoms with van der Waals surface area (Å²) in [5.74, 6) is -0.433. The minimum absolute atomic E-state index is 0.433. The summed E-state index contributed by atoms with van der Waals surface area (Å²) in [5, 5.41) is 1.49. The lowest BCUT2D eigenvalue weighted by Crippen LogP contribution is -2.12. The van der Waals surface area contributed by atoms with Crippen LogP contribution in [0.3, 0.4) is 0 Å². The Morgan fingerprint density at radius 1 is 1.27 bits per heavy atom. The van der Waals surface area contributed by atoms with E-state index in [0.29, 0.717) is 20.6 Å². The van der Waals surface area contributed by atoms with Crippen LogP contribution in [0.1, 0.15) is 5.69 Å². The van der Waals surface area contributed by atoms with Crippen LogP contribution in [0.25, 0.3) is 27.7 Å². The number of aryl methyl sites for hydroxylation is 1. The van der Waals surface area contributed by atoms with Crippen LogP contribution in [0, 0.1) is 6.92 Å². The summed E-state index contributed by atoms with van der Waals surface area (Å²) >= 11 is 9.52. The molecular formula is C16H10BrClN2O2. The highest BCUT2D eigenvalue weighted by Crippen LogP contribution is 2.32. The molecule has 0 aliphatic rings. The molecule has 110 valence electrons. The number of H-pyrrole nitrogens is 1. The van der Waals surface area contributed by atoms with Crippen LogP contribution in [0.5, 0.6) is 0 Å². The lowest BCUT2D eigenvalue weighted by Gasteiger charge is -2.03. The van der Waals surface area contributed by atoms with E-state index in [1.807, 2.05) is 31.2 Å². The van der Waals surface area contributed by atoms with Crippen molar-refractivity contribution in [2.24, 2.45) is 0 Å². The average Bonchev–Trinajstić information content (AvgIpc) is 2.95. The van der Waals surface area contributed by atoms with E-state index in [0.717, 1.165) is 22.3 Å². The van der Waals surface area contributed by atoms with Crippen LogP contribution >= 0.6 is 27.5 Å². The summed E-state index contributed by atoms with van der Waals surface area (Å²) in [7, 11) is 0. The summed E-state index contributed by atoms with van der Waals surface area (Å²) < 4.78 is 7.62. The molecule has 0 spiro atoms. The zero-order valence-electron chi connectivity index (χ0n) is 11.5. The maximum Gasteiger partial charge on any atom is 0.424 e. The number of benzene rings is 2. The first-order valence-corrected chi connectivity index (χ1v) is 7.81. The van der Waals surface area contributed by atoms with Crippen molar-refractivity contribution in [2.75, 3.05) is 0 Å². The van der Waals surface area contributed by atoms with Gasteiger partial charge >= 0.3 is 5.76 Å². The van der Waals surface area contributed by atoms with E-state index >= 15 is 0 Å². The molecule has 0 radical (unpaired) electrons. The van der Waals surface area contributed by atoms with Gasteiger partial charge in [0.05, 0.1) is 16.2 Å². The van der Waals surface area contributed by atoms with Crippen LogP contribution in [0.4, 0.5) is 0 Å². The Hall–Kier alpha value is -1.98. The largest absolute Gasteiger partial charge is 0.424 e. The Labute approximate surface area is 138 Å². The molecule has 0 aliphatic carbocycles. The highest BCUT2D eigenvalue weighted by molar-refractivity contribution is 9.10. The summed E-state index contributed by atoms with van der Waals surface area (Å²) in [6, 6.07) is 11.3. The van der Waals surface area contributed by atoms with E-state index in [1.54, 1.807) is 16.7 Å². The van der Waals surface area contributed by atoms with Gasteiger partial charge in [0.15, 0.2) is 5.58 Å². The zero-order chi connectivity index (χ0) is 15.4. The number of nitrogens with one attached hydrogen (secondary N) is 1. The minimum atomic E-state index is -0.433. The van der Waals surface area contributed by atoms with Gasteiger partial charge in [-0.1, -0.05) is 29.8 Å². The number of rotatable bonds is 1. The Kier molecular flexibility index (Phi) is 2.96. The van der Waals surface area contributed by atoms with E-state index in [9.17, 15) is 4.79 Å². The number of nitrogens with zero attached hydrogens (tertiary/aromatic N) is 1. The third-order valence-corrected chi connectivity index (χ3v) is 4.90. The molecule has 2 aromatic heterocycles. The van der Waals surface area contributed by atoms with Gasteiger partial charge in [-0.25, -0.2) is 9.36 Å². The molecule has 0 amide bonds. The molecule has 2 aromatic carbocycles. The number of hydrogen-bond acceptors (Lipinski definition) is 2.